The smallest absolute Gasteiger partial charge is 0.330 e. The molecule has 0 aromatic heterocycles. The SMILES string of the molecule is CCOC(=O)/C=C\[C@H](C[C@@H]1CCNC1=O)NC(=O)[C@@H](CC(=O)[C@@H](N)C(C)C)Cc1ccc(F)cc1. The van der Waals surface area contributed by atoms with Crippen LogP contribution in [-0.4, -0.2) is 48.8 Å². The Morgan fingerprint density at radius 1 is 1.26 bits per heavy atom. The van der Waals surface area contributed by atoms with Crippen LogP contribution in [0.2, 0.25) is 0 Å². The molecule has 1 aliphatic heterocycles. The van der Waals surface area contributed by atoms with E-state index < -0.39 is 35.7 Å². The summed E-state index contributed by atoms with van der Waals surface area (Å²) in [5, 5.41) is 5.65. The quantitative estimate of drug-likeness (QED) is 0.287. The highest BCUT2D eigenvalue weighted by molar-refractivity contribution is 5.90. The van der Waals surface area contributed by atoms with Crippen molar-refractivity contribution < 1.29 is 28.3 Å². The van der Waals surface area contributed by atoms with Crippen molar-refractivity contribution in [3.63, 3.8) is 0 Å². The number of amides is 2. The maximum atomic E-state index is 13.4. The van der Waals surface area contributed by atoms with Gasteiger partial charge in [-0.2, -0.15) is 0 Å². The van der Waals surface area contributed by atoms with Gasteiger partial charge in [-0.05, 0) is 49.8 Å². The number of nitrogens with one attached hydrogen (secondary N) is 2. The number of ketones is 1. The molecule has 0 saturated carbocycles. The molecule has 35 heavy (non-hydrogen) atoms. The Hall–Kier alpha value is -3.07. The number of ether oxygens (including phenoxy) is 1. The Morgan fingerprint density at radius 2 is 1.94 bits per heavy atom. The van der Waals surface area contributed by atoms with E-state index in [1.165, 1.54) is 24.3 Å². The highest BCUT2D eigenvalue weighted by Crippen LogP contribution is 2.20. The lowest BCUT2D eigenvalue weighted by Crippen LogP contribution is -2.43. The number of benzene rings is 1. The molecule has 8 nitrogen and oxygen atoms in total. The maximum Gasteiger partial charge on any atom is 0.330 e. The molecular formula is C26H36FN3O5. The van der Waals surface area contributed by atoms with Gasteiger partial charge in [0, 0.05) is 36.9 Å². The number of hydrogen-bond acceptors (Lipinski definition) is 6. The standard InChI is InChI=1S/C26H36FN3O5/c1-4-35-23(32)10-9-21(14-18-11-12-29-25(18)33)30-26(34)19(15-22(31)24(28)16(2)3)13-17-5-7-20(27)8-6-17/h5-10,16,18-19,21,24H,4,11-15,28H2,1-3H3,(H,29,33)(H,30,34)/b10-9-/t18-,19+,21+,24-/m0/s1. The summed E-state index contributed by atoms with van der Waals surface area (Å²) in [5.41, 5.74) is 6.72. The van der Waals surface area contributed by atoms with Gasteiger partial charge in [-0.1, -0.05) is 32.1 Å². The highest BCUT2D eigenvalue weighted by atomic mass is 19.1. The first-order chi connectivity index (χ1) is 16.6. The minimum absolute atomic E-state index is 0.0826. The second-order valence-electron chi connectivity index (χ2n) is 9.21. The molecule has 1 saturated heterocycles. The van der Waals surface area contributed by atoms with Gasteiger partial charge in [-0.3, -0.25) is 14.4 Å². The van der Waals surface area contributed by atoms with E-state index in [1.807, 2.05) is 13.8 Å². The fraction of sp³-hybridized carbons (Fsp3) is 0.538. The molecule has 192 valence electrons. The summed E-state index contributed by atoms with van der Waals surface area (Å²) in [7, 11) is 0. The lowest BCUT2D eigenvalue weighted by atomic mass is 9.88. The number of esters is 1. The van der Waals surface area contributed by atoms with E-state index in [1.54, 1.807) is 19.1 Å². The van der Waals surface area contributed by atoms with Crippen molar-refractivity contribution in [1.29, 1.82) is 0 Å². The van der Waals surface area contributed by atoms with Gasteiger partial charge in [0.15, 0.2) is 5.78 Å². The third-order valence-electron chi connectivity index (χ3n) is 6.08. The molecule has 4 atom stereocenters. The van der Waals surface area contributed by atoms with Crippen LogP contribution >= 0.6 is 0 Å². The predicted octanol–water partition coefficient (Wildman–Crippen LogP) is 2.06. The first-order valence-electron chi connectivity index (χ1n) is 12.1. The van der Waals surface area contributed by atoms with Crippen LogP contribution < -0.4 is 16.4 Å². The summed E-state index contributed by atoms with van der Waals surface area (Å²) in [6, 6.07) is 4.42. The molecule has 0 unspecified atom stereocenters. The van der Waals surface area contributed by atoms with Crippen molar-refractivity contribution in [1.82, 2.24) is 10.6 Å². The Morgan fingerprint density at radius 3 is 2.51 bits per heavy atom. The van der Waals surface area contributed by atoms with Gasteiger partial charge in [0.25, 0.3) is 0 Å². The van der Waals surface area contributed by atoms with Crippen molar-refractivity contribution in [2.75, 3.05) is 13.2 Å². The summed E-state index contributed by atoms with van der Waals surface area (Å²) >= 11 is 0. The average molecular weight is 490 g/mol. The highest BCUT2D eigenvalue weighted by Gasteiger charge is 2.30. The summed E-state index contributed by atoms with van der Waals surface area (Å²) in [6.45, 7) is 6.12. The van der Waals surface area contributed by atoms with Crippen molar-refractivity contribution in [3.05, 3.63) is 47.8 Å². The van der Waals surface area contributed by atoms with Crippen LogP contribution in [0, 0.1) is 23.6 Å². The zero-order valence-electron chi connectivity index (χ0n) is 20.6. The summed E-state index contributed by atoms with van der Waals surface area (Å²) < 4.78 is 18.3. The summed E-state index contributed by atoms with van der Waals surface area (Å²) in [4.78, 5) is 50.0. The van der Waals surface area contributed by atoms with Crippen molar-refractivity contribution in [3.8, 4) is 0 Å². The molecule has 2 amide bonds. The minimum Gasteiger partial charge on any atom is -0.463 e. The van der Waals surface area contributed by atoms with Gasteiger partial charge in [-0.15, -0.1) is 0 Å². The van der Waals surface area contributed by atoms with Crippen LogP contribution in [0.5, 0.6) is 0 Å². The topological polar surface area (TPSA) is 128 Å². The molecule has 1 heterocycles. The monoisotopic (exact) mass is 489 g/mol. The molecule has 1 fully saturated rings. The number of carbonyl (C=O) groups excluding carboxylic acids is 4. The Labute approximate surface area is 205 Å². The van der Waals surface area contributed by atoms with Gasteiger partial charge in [-0.25, -0.2) is 9.18 Å². The van der Waals surface area contributed by atoms with Gasteiger partial charge in [0.05, 0.1) is 12.6 Å². The van der Waals surface area contributed by atoms with E-state index in [4.69, 9.17) is 10.5 Å². The van der Waals surface area contributed by atoms with Crippen LogP contribution in [0.4, 0.5) is 4.39 Å². The van der Waals surface area contributed by atoms with Gasteiger partial charge in [0.2, 0.25) is 11.8 Å². The van der Waals surface area contributed by atoms with E-state index in [-0.39, 0.29) is 43.0 Å². The minimum atomic E-state index is -0.756. The third-order valence-corrected chi connectivity index (χ3v) is 6.08. The van der Waals surface area contributed by atoms with Crippen LogP contribution in [0.15, 0.2) is 36.4 Å². The van der Waals surface area contributed by atoms with Gasteiger partial charge >= 0.3 is 5.97 Å². The van der Waals surface area contributed by atoms with Crippen molar-refractivity contribution in [2.24, 2.45) is 23.5 Å². The number of nitrogens with two attached hydrogens (primary N) is 1. The van der Waals surface area contributed by atoms with E-state index >= 15 is 0 Å². The number of rotatable bonds is 13. The fourth-order valence-corrected chi connectivity index (χ4v) is 3.96. The van der Waals surface area contributed by atoms with E-state index in [0.29, 0.717) is 24.9 Å². The van der Waals surface area contributed by atoms with E-state index in [2.05, 4.69) is 10.6 Å². The number of halogens is 1. The number of carbonyl (C=O) groups is 4. The van der Waals surface area contributed by atoms with Gasteiger partial charge < -0.3 is 21.1 Å². The lowest BCUT2D eigenvalue weighted by Gasteiger charge is -2.23. The van der Waals surface area contributed by atoms with Crippen LogP contribution in [0.1, 0.15) is 45.6 Å². The third kappa shape index (κ3) is 9.24. The molecule has 1 aromatic carbocycles. The Bertz CT molecular complexity index is 916. The molecule has 0 bridgehead atoms. The molecule has 0 radical (unpaired) electrons. The Balaban J connectivity index is 2.22. The molecule has 0 aliphatic carbocycles. The molecule has 9 heteroatoms. The van der Waals surface area contributed by atoms with E-state index in [9.17, 15) is 23.6 Å². The molecule has 2 rings (SSSR count). The number of Topliss-reactive ketones (excluding diaryl/α,β-unsaturated/α-hetero) is 1. The van der Waals surface area contributed by atoms with Crippen molar-refractivity contribution in [2.45, 2.75) is 58.5 Å². The zero-order valence-corrected chi connectivity index (χ0v) is 20.6. The van der Waals surface area contributed by atoms with E-state index in [0.717, 1.165) is 0 Å². The Kier molecular flexibility index (Phi) is 11.0. The molecule has 1 aliphatic rings. The van der Waals surface area contributed by atoms with Gasteiger partial charge in [0.1, 0.15) is 5.82 Å². The summed E-state index contributed by atoms with van der Waals surface area (Å²) in [6.07, 6.45) is 3.80. The molecular weight excluding hydrogens is 453 g/mol. The fourth-order valence-electron chi connectivity index (χ4n) is 3.96. The molecule has 0 spiro atoms. The average Bonchev–Trinajstić information content (AvgIpc) is 3.22. The first kappa shape index (κ1) is 28.2. The molecule has 4 N–H and O–H groups in total. The normalized spacial score (nSPS) is 18.2. The zero-order chi connectivity index (χ0) is 26.0. The second-order valence-corrected chi connectivity index (χ2v) is 9.21. The van der Waals surface area contributed by atoms with Crippen LogP contribution in [0.3, 0.4) is 0 Å². The predicted molar refractivity (Wildman–Crippen MR) is 129 cm³/mol. The van der Waals surface area contributed by atoms with Crippen LogP contribution in [-0.2, 0) is 30.3 Å². The molecule has 1 aromatic rings. The first-order valence-corrected chi connectivity index (χ1v) is 12.1. The summed E-state index contributed by atoms with van der Waals surface area (Å²) in [5.74, 6) is -2.85. The maximum absolute atomic E-state index is 13.4. The lowest BCUT2D eigenvalue weighted by molar-refractivity contribution is -0.137. The van der Waals surface area contributed by atoms with Crippen LogP contribution in [0.25, 0.3) is 0 Å². The second kappa shape index (κ2) is 13.7. The largest absolute Gasteiger partial charge is 0.463 e. The number of hydrogen-bond donors (Lipinski definition) is 3. The van der Waals surface area contributed by atoms with Crippen molar-refractivity contribution >= 4 is 23.6 Å².